The van der Waals surface area contributed by atoms with E-state index >= 15 is 0 Å². The molecule has 1 heterocycles. The molecule has 0 saturated heterocycles. The minimum absolute atomic E-state index is 0.661. The standard InChI is InChI=1S/C14H12ClN3/c1-18-13-5-3-2-4-10(13)14(17-18)11-8-9(15)6-7-12(11)16/h2-8H,16H2,1H3. The Hall–Kier alpha value is -2.00. The fourth-order valence-corrected chi connectivity index (χ4v) is 2.32. The molecule has 0 fully saturated rings. The third-order valence-electron chi connectivity index (χ3n) is 3.03. The lowest BCUT2D eigenvalue weighted by molar-refractivity contribution is 0.801. The molecular weight excluding hydrogens is 246 g/mol. The van der Waals surface area contributed by atoms with Gasteiger partial charge < -0.3 is 5.73 Å². The largest absolute Gasteiger partial charge is 0.398 e. The predicted octanol–water partition coefficient (Wildman–Crippen LogP) is 3.48. The highest BCUT2D eigenvalue weighted by molar-refractivity contribution is 6.31. The Bertz CT molecular complexity index is 731. The van der Waals surface area contributed by atoms with Gasteiger partial charge in [-0.2, -0.15) is 5.10 Å². The van der Waals surface area contributed by atoms with Crippen molar-refractivity contribution in [2.24, 2.45) is 7.05 Å². The number of benzene rings is 2. The van der Waals surface area contributed by atoms with Crippen molar-refractivity contribution in [3.8, 4) is 11.3 Å². The van der Waals surface area contributed by atoms with Crippen LogP contribution < -0.4 is 5.73 Å². The second kappa shape index (κ2) is 4.03. The predicted molar refractivity (Wildman–Crippen MR) is 75.6 cm³/mol. The highest BCUT2D eigenvalue weighted by Gasteiger charge is 2.12. The first kappa shape index (κ1) is 11.1. The van der Waals surface area contributed by atoms with Gasteiger partial charge in [0.2, 0.25) is 0 Å². The maximum atomic E-state index is 6.03. The zero-order valence-electron chi connectivity index (χ0n) is 9.89. The Morgan fingerprint density at radius 2 is 1.94 bits per heavy atom. The molecule has 0 aliphatic heterocycles. The van der Waals surface area contributed by atoms with Gasteiger partial charge in [0.25, 0.3) is 0 Å². The molecule has 90 valence electrons. The number of aryl methyl sites for hydroxylation is 1. The van der Waals surface area contributed by atoms with E-state index in [9.17, 15) is 0 Å². The molecule has 1 aromatic heterocycles. The first-order valence-electron chi connectivity index (χ1n) is 5.64. The van der Waals surface area contributed by atoms with Crippen LogP contribution in [0.3, 0.4) is 0 Å². The van der Waals surface area contributed by atoms with Gasteiger partial charge in [-0.25, -0.2) is 0 Å². The average molecular weight is 258 g/mol. The fourth-order valence-electron chi connectivity index (χ4n) is 2.15. The molecule has 3 aromatic rings. The number of nitrogen functional groups attached to an aromatic ring is 1. The van der Waals surface area contributed by atoms with E-state index in [1.165, 1.54) is 0 Å². The topological polar surface area (TPSA) is 43.8 Å². The second-order valence-corrected chi connectivity index (χ2v) is 4.66. The third-order valence-corrected chi connectivity index (χ3v) is 3.26. The molecule has 18 heavy (non-hydrogen) atoms. The average Bonchev–Trinajstić information content (AvgIpc) is 2.71. The van der Waals surface area contributed by atoms with Crippen LogP contribution in [0.5, 0.6) is 0 Å². The lowest BCUT2D eigenvalue weighted by Crippen LogP contribution is -1.92. The molecule has 3 nitrogen and oxygen atoms in total. The number of aromatic nitrogens is 2. The summed E-state index contributed by atoms with van der Waals surface area (Å²) >= 11 is 6.03. The third kappa shape index (κ3) is 1.64. The lowest BCUT2D eigenvalue weighted by Gasteiger charge is -2.03. The zero-order valence-corrected chi connectivity index (χ0v) is 10.6. The van der Waals surface area contributed by atoms with E-state index in [0.717, 1.165) is 22.2 Å². The SMILES string of the molecule is Cn1nc(-c2cc(Cl)ccc2N)c2ccccc21. The number of hydrogen-bond acceptors (Lipinski definition) is 2. The minimum atomic E-state index is 0.661. The Morgan fingerprint density at radius 3 is 2.78 bits per heavy atom. The lowest BCUT2D eigenvalue weighted by atomic mass is 10.1. The number of halogens is 1. The molecule has 4 heteroatoms. The Labute approximate surface area is 110 Å². The van der Waals surface area contributed by atoms with Crippen molar-refractivity contribution in [2.75, 3.05) is 5.73 Å². The summed E-state index contributed by atoms with van der Waals surface area (Å²) in [5, 5.41) is 6.28. The molecule has 0 atom stereocenters. The van der Waals surface area contributed by atoms with Crippen LogP contribution in [0.2, 0.25) is 5.02 Å². The summed E-state index contributed by atoms with van der Waals surface area (Å²) in [6, 6.07) is 13.5. The maximum Gasteiger partial charge on any atom is 0.102 e. The number of anilines is 1. The number of rotatable bonds is 1. The van der Waals surface area contributed by atoms with Gasteiger partial charge in [0.05, 0.1) is 5.52 Å². The van der Waals surface area contributed by atoms with E-state index < -0.39 is 0 Å². The normalized spacial score (nSPS) is 11.0. The molecular formula is C14H12ClN3. The smallest absolute Gasteiger partial charge is 0.102 e. The van der Waals surface area contributed by atoms with Crippen molar-refractivity contribution in [1.82, 2.24) is 9.78 Å². The summed E-state index contributed by atoms with van der Waals surface area (Å²) in [7, 11) is 1.92. The maximum absolute atomic E-state index is 6.03. The van der Waals surface area contributed by atoms with Crippen molar-refractivity contribution in [2.45, 2.75) is 0 Å². The summed E-state index contributed by atoms with van der Waals surface area (Å²) in [6.45, 7) is 0. The van der Waals surface area contributed by atoms with Crippen LogP contribution in [-0.2, 0) is 7.05 Å². The van der Waals surface area contributed by atoms with Crippen LogP contribution in [0.1, 0.15) is 0 Å². The molecule has 0 spiro atoms. The van der Waals surface area contributed by atoms with Gasteiger partial charge in [-0.3, -0.25) is 4.68 Å². The molecule has 0 amide bonds. The highest BCUT2D eigenvalue weighted by atomic mass is 35.5. The van der Waals surface area contributed by atoms with E-state index in [0.29, 0.717) is 10.7 Å². The molecule has 0 saturated carbocycles. The van der Waals surface area contributed by atoms with E-state index in [2.05, 4.69) is 5.10 Å². The van der Waals surface area contributed by atoms with Crippen LogP contribution >= 0.6 is 11.6 Å². The molecule has 0 bridgehead atoms. The summed E-state index contributed by atoms with van der Waals surface area (Å²) < 4.78 is 1.85. The summed E-state index contributed by atoms with van der Waals surface area (Å²) in [5.41, 5.74) is 9.52. The summed E-state index contributed by atoms with van der Waals surface area (Å²) in [6.07, 6.45) is 0. The molecule has 0 unspecified atom stereocenters. The van der Waals surface area contributed by atoms with Gasteiger partial charge in [0.1, 0.15) is 5.69 Å². The molecule has 0 aliphatic rings. The summed E-state index contributed by atoms with van der Waals surface area (Å²) in [5.74, 6) is 0. The molecule has 0 radical (unpaired) electrons. The van der Waals surface area contributed by atoms with E-state index in [1.807, 2.05) is 42.1 Å². The van der Waals surface area contributed by atoms with Gasteiger partial charge in [-0.15, -0.1) is 0 Å². The van der Waals surface area contributed by atoms with Crippen molar-refractivity contribution >= 4 is 28.2 Å². The van der Waals surface area contributed by atoms with E-state index in [4.69, 9.17) is 17.3 Å². The number of hydrogen-bond donors (Lipinski definition) is 1. The van der Waals surface area contributed by atoms with Crippen LogP contribution in [0.4, 0.5) is 5.69 Å². The highest BCUT2D eigenvalue weighted by Crippen LogP contribution is 2.32. The van der Waals surface area contributed by atoms with Crippen LogP contribution in [0.15, 0.2) is 42.5 Å². The monoisotopic (exact) mass is 257 g/mol. The van der Waals surface area contributed by atoms with Gasteiger partial charge >= 0.3 is 0 Å². The zero-order chi connectivity index (χ0) is 12.7. The van der Waals surface area contributed by atoms with Gasteiger partial charge in [-0.05, 0) is 24.3 Å². The number of fused-ring (bicyclic) bond motifs is 1. The molecule has 2 N–H and O–H groups in total. The van der Waals surface area contributed by atoms with Crippen LogP contribution in [0, 0.1) is 0 Å². The van der Waals surface area contributed by atoms with Crippen molar-refractivity contribution in [3.63, 3.8) is 0 Å². The minimum Gasteiger partial charge on any atom is -0.398 e. The molecule has 2 aromatic carbocycles. The quantitative estimate of drug-likeness (QED) is 0.679. The van der Waals surface area contributed by atoms with Crippen molar-refractivity contribution < 1.29 is 0 Å². The first-order chi connectivity index (χ1) is 8.66. The number of para-hydroxylation sites is 1. The molecule has 3 rings (SSSR count). The van der Waals surface area contributed by atoms with Crippen molar-refractivity contribution in [1.29, 1.82) is 0 Å². The van der Waals surface area contributed by atoms with Gasteiger partial charge in [0, 0.05) is 28.7 Å². The van der Waals surface area contributed by atoms with E-state index in [-0.39, 0.29) is 0 Å². The van der Waals surface area contributed by atoms with Crippen LogP contribution in [-0.4, -0.2) is 9.78 Å². The fraction of sp³-hybridized carbons (Fsp3) is 0.0714. The summed E-state index contributed by atoms with van der Waals surface area (Å²) in [4.78, 5) is 0. The van der Waals surface area contributed by atoms with Crippen LogP contribution in [0.25, 0.3) is 22.2 Å². The Kier molecular flexibility index (Phi) is 2.49. The number of nitrogens with zero attached hydrogens (tertiary/aromatic N) is 2. The Balaban J connectivity index is 2.35. The van der Waals surface area contributed by atoms with E-state index in [1.54, 1.807) is 12.1 Å². The van der Waals surface area contributed by atoms with Crippen molar-refractivity contribution in [3.05, 3.63) is 47.5 Å². The van der Waals surface area contributed by atoms with Gasteiger partial charge in [-0.1, -0.05) is 29.8 Å². The van der Waals surface area contributed by atoms with Gasteiger partial charge in [0.15, 0.2) is 0 Å². The first-order valence-corrected chi connectivity index (χ1v) is 6.02. The number of nitrogens with two attached hydrogens (primary N) is 1. The Morgan fingerprint density at radius 1 is 1.17 bits per heavy atom. The molecule has 0 aliphatic carbocycles. The second-order valence-electron chi connectivity index (χ2n) is 4.22.